The Balaban J connectivity index is 4.12. The lowest BCUT2D eigenvalue weighted by Crippen LogP contribution is -2.46. The second kappa shape index (κ2) is 57.6. The summed E-state index contributed by atoms with van der Waals surface area (Å²) in [5, 5.41) is 14.1. The van der Waals surface area contributed by atoms with Gasteiger partial charge in [0.15, 0.2) is 0 Å². The van der Waals surface area contributed by atoms with Crippen LogP contribution in [0.3, 0.4) is 0 Å². The standard InChI is InChI=1S/C67H125N2O6P/c1-6-8-10-12-14-16-18-20-22-24-26-28-30-31-32-33-34-35-36-37-39-40-42-44-46-48-50-52-54-56-58-60-66(70)65(64-75-76(72,73)74-63-62-69(3,4)5)68-67(71)61-59-57-55-53-51-49-47-45-43-41-38-29-27-25-23-21-19-17-15-13-11-9-7-2/h9,11,15,17,21,23,27,29,41,43,47,49,65-66,70H,6-8,10,12-14,16,18-20,22,24-26,28,30-40,42,44-46,48,50-64H2,1-5H3,(H-,68,71,72,73)/p+1/b11-9-,17-15-,23-21-,29-27-,43-41-,49-47-. The second-order valence-electron chi connectivity index (χ2n) is 23.1. The van der Waals surface area contributed by atoms with Crippen molar-refractivity contribution in [1.29, 1.82) is 0 Å². The van der Waals surface area contributed by atoms with Crippen molar-refractivity contribution < 1.29 is 32.9 Å². The first-order valence-corrected chi connectivity index (χ1v) is 33.8. The van der Waals surface area contributed by atoms with Crippen LogP contribution in [0.4, 0.5) is 0 Å². The van der Waals surface area contributed by atoms with E-state index in [0.717, 1.165) is 89.9 Å². The highest BCUT2D eigenvalue weighted by Crippen LogP contribution is 2.43. The molecule has 0 saturated heterocycles. The molecule has 8 nitrogen and oxygen atoms in total. The summed E-state index contributed by atoms with van der Waals surface area (Å²) >= 11 is 0. The quantitative estimate of drug-likeness (QED) is 0.0243. The van der Waals surface area contributed by atoms with Gasteiger partial charge in [-0.25, -0.2) is 4.57 Å². The number of carbonyl (C=O) groups excluding carboxylic acids is 1. The maximum Gasteiger partial charge on any atom is 0.472 e. The van der Waals surface area contributed by atoms with Crippen molar-refractivity contribution in [2.24, 2.45) is 0 Å². The lowest BCUT2D eigenvalue weighted by atomic mass is 10.0. The van der Waals surface area contributed by atoms with Crippen LogP contribution in [0.25, 0.3) is 0 Å². The number of rotatable bonds is 59. The van der Waals surface area contributed by atoms with Crippen molar-refractivity contribution in [1.82, 2.24) is 5.32 Å². The summed E-state index contributed by atoms with van der Waals surface area (Å²) < 4.78 is 23.8. The van der Waals surface area contributed by atoms with Gasteiger partial charge < -0.3 is 19.8 Å². The number of nitrogens with zero attached hydrogens (tertiary/aromatic N) is 1. The molecule has 0 aliphatic carbocycles. The topological polar surface area (TPSA) is 105 Å². The first-order chi connectivity index (χ1) is 37.0. The summed E-state index contributed by atoms with van der Waals surface area (Å²) in [6.07, 6.45) is 79.9. The van der Waals surface area contributed by atoms with Crippen molar-refractivity contribution >= 4 is 13.7 Å². The molecule has 0 aromatic rings. The van der Waals surface area contributed by atoms with Crippen LogP contribution < -0.4 is 5.32 Å². The van der Waals surface area contributed by atoms with Crippen LogP contribution in [0, 0.1) is 0 Å². The van der Waals surface area contributed by atoms with E-state index in [4.69, 9.17) is 9.05 Å². The number of unbranched alkanes of at least 4 members (excludes halogenated alkanes) is 34. The van der Waals surface area contributed by atoms with Crippen molar-refractivity contribution in [2.75, 3.05) is 40.9 Å². The summed E-state index contributed by atoms with van der Waals surface area (Å²) in [6, 6.07) is -0.781. The molecule has 444 valence electrons. The highest BCUT2D eigenvalue weighted by Gasteiger charge is 2.28. The third kappa shape index (κ3) is 59.6. The molecule has 1 amide bonds. The molecule has 0 heterocycles. The number of nitrogens with one attached hydrogen (secondary N) is 1. The molecule has 9 heteroatoms. The van der Waals surface area contributed by atoms with E-state index in [0.29, 0.717) is 23.9 Å². The van der Waals surface area contributed by atoms with Crippen LogP contribution in [0.5, 0.6) is 0 Å². The van der Waals surface area contributed by atoms with E-state index < -0.39 is 20.0 Å². The first-order valence-electron chi connectivity index (χ1n) is 32.3. The molecule has 0 saturated carbocycles. The Bertz CT molecular complexity index is 1470. The van der Waals surface area contributed by atoms with Crippen molar-refractivity contribution in [3.05, 3.63) is 72.9 Å². The predicted molar refractivity (Wildman–Crippen MR) is 332 cm³/mol. The molecule has 3 atom stereocenters. The van der Waals surface area contributed by atoms with E-state index in [1.54, 1.807) is 0 Å². The summed E-state index contributed by atoms with van der Waals surface area (Å²) in [7, 11) is 1.60. The predicted octanol–water partition coefficient (Wildman–Crippen LogP) is 20.2. The zero-order chi connectivity index (χ0) is 55.6. The van der Waals surface area contributed by atoms with Crippen LogP contribution >= 0.6 is 7.82 Å². The maximum atomic E-state index is 13.0. The molecule has 0 bridgehead atoms. The number of carbonyl (C=O) groups is 1. The fraction of sp³-hybridized carbons (Fsp3) is 0.806. The lowest BCUT2D eigenvalue weighted by Gasteiger charge is -2.26. The number of hydrogen-bond donors (Lipinski definition) is 3. The van der Waals surface area contributed by atoms with E-state index in [1.165, 1.54) is 180 Å². The SMILES string of the molecule is CC/C=C\C/C=C\C/C=C\C/C=C\C/C=C\C/C=C\CCCCCCC(=O)NC(COP(=O)(O)OCC[N+](C)(C)C)C(O)CCCCCCCCCCCCCCCCCCCCCCCCCCCCCCCCC. The molecule has 0 radical (unpaired) electrons. The van der Waals surface area contributed by atoms with Gasteiger partial charge in [0, 0.05) is 6.42 Å². The summed E-state index contributed by atoms with van der Waals surface area (Å²) in [5.41, 5.74) is 0. The van der Waals surface area contributed by atoms with Crippen LogP contribution in [0.15, 0.2) is 72.9 Å². The summed E-state index contributed by atoms with van der Waals surface area (Å²) in [5.74, 6) is -0.167. The Hall–Kier alpha value is -2.06. The van der Waals surface area contributed by atoms with E-state index in [2.05, 4.69) is 92.1 Å². The molecule has 3 unspecified atom stereocenters. The smallest absolute Gasteiger partial charge is 0.391 e. The van der Waals surface area contributed by atoms with Gasteiger partial charge in [-0.2, -0.15) is 0 Å². The molecular formula is C67H126N2O6P+. The molecule has 0 fully saturated rings. The molecule has 0 rings (SSSR count). The van der Waals surface area contributed by atoms with Gasteiger partial charge in [-0.15, -0.1) is 0 Å². The largest absolute Gasteiger partial charge is 0.472 e. The number of hydrogen-bond acceptors (Lipinski definition) is 5. The first kappa shape index (κ1) is 73.9. The molecule has 76 heavy (non-hydrogen) atoms. The fourth-order valence-electron chi connectivity index (χ4n) is 9.47. The normalized spacial score (nSPS) is 14.2. The number of aliphatic hydroxyl groups excluding tert-OH is 1. The minimum absolute atomic E-state index is 0.0661. The molecule has 0 aromatic carbocycles. The second-order valence-corrected chi connectivity index (χ2v) is 24.6. The minimum Gasteiger partial charge on any atom is -0.391 e. The molecule has 3 N–H and O–H groups in total. The Morgan fingerprint density at radius 2 is 0.789 bits per heavy atom. The average molecular weight is 1090 g/mol. The third-order valence-electron chi connectivity index (χ3n) is 14.5. The zero-order valence-corrected chi connectivity index (χ0v) is 51.6. The van der Waals surface area contributed by atoms with Crippen molar-refractivity contribution in [2.45, 2.75) is 309 Å². The van der Waals surface area contributed by atoms with Crippen LogP contribution in [0.2, 0.25) is 0 Å². The van der Waals surface area contributed by atoms with Gasteiger partial charge in [-0.1, -0.05) is 299 Å². The van der Waals surface area contributed by atoms with Crippen molar-refractivity contribution in [3.63, 3.8) is 0 Å². The van der Waals surface area contributed by atoms with Gasteiger partial charge in [-0.3, -0.25) is 13.8 Å². The molecule has 0 aliphatic heterocycles. The Kier molecular flexibility index (Phi) is 56.1. The van der Waals surface area contributed by atoms with Gasteiger partial charge in [-0.05, 0) is 64.2 Å². The number of allylic oxidation sites excluding steroid dienone is 12. The Morgan fingerprint density at radius 1 is 0.461 bits per heavy atom. The number of phosphoric ester groups is 1. The average Bonchev–Trinajstić information content (AvgIpc) is 3.38. The number of quaternary nitrogens is 1. The van der Waals surface area contributed by atoms with E-state index >= 15 is 0 Å². The van der Waals surface area contributed by atoms with Gasteiger partial charge in [0.1, 0.15) is 13.2 Å². The minimum atomic E-state index is -4.34. The monoisotopic (exact) mass is 1090 g/mol. The highest BCUT2D eigenvalue weighted by atomic mass is 31.2. The lowest BCUT2D eigenvalue weighted by molar-refractivity contribution is -0.870. The number of aliphatic hydroxyl groups is 1. The number of phosphoric acid groups is 1. The maximum absolute atomic E-state index is 13.0. The van der Waals surface area contributed by atoms with Crippen LogP contribution in [-0.2, 0) is 18.4 Å². The fourth-order valence-corrected chi connectivity index (χ4v) is 10.2. The van der Waals surface area contributed by atoms with Gasteiger partial charge in [0.05, 0.1) is 39.9 Å². The van der Waals surface area contributed by atoms with E-state index in [-0.39, 0.29) is 19.1 Å². The number of likely N-dealkylation sites (N-methyl/N-ethyl adjacent to an activating group) is 1. The Labute approximate surface area is 472 Å². The third-order valence-corrected chi connectivity index (χ3v) is 15.5. The van der Waals surface area contributed by atoms with Crippen molar-refractivity contribution in [3.8, 4) is 0 Å². The summed E-state index contributed by atoms with van der Waals surface area (Å²) in [4.78, 5) is 23.4. The Morgan fingerprint density at radius 3 is 1.16 bits per heavy atom. The molecule has 0 aromatic heterocycles. The van der Waals surface area contributed by atoms with Gasteiger partial charge in [0.2, 0.25) is 5.91 Å². The van der Waals surface area contributed by atoms with Gasteiger partial charge >= 0.3 is 7.82 Å². The van der Waals surface area contributed by atoms with Crippen LogP contribution in [0.1, 0.15) is 296 Å². The number of amides is 1. The summed E-state index contributed by atoms with van der Waals surface area (Å²) in [6.45, 7) is 4.78. The highest BCUT2D eigenvalue weighted by molar-refractivity contribution is 7.47. The van der Waals surface area contributed by atoms with E-state index in [1.807, 2.05) is 21.1 Å². The molecular weight excluding hydrogens is 960 g/mol. The van der Waals surface area contributed by atoms with Gasteiger partial charge in [0.25, 0.3) is 0 Å². The van der Waals surface area contributed by atoms with E-state index in [9.17, 15) is 19.4 Å². The molecule has 0 spiro atoms. The zero-order valence-electron chi connectivity index (χ0n) is 50.7. The molecule has 0 aliphatic rings. The van der Waals surface area contributed by atoms with Crippen LogP contribution in [-0.4, -0.2) is 73.4 Å².